The van der Waals surface area contributed by atoms with Crippen molar-refractivity contribution < 1.29 is 4.79 Å². The van der Waals surface area contributed by atoms with Gasteiger partial charge in [0.05, 0.1) is 5.56 Å². The molecule has 1 saturated heterocycles. The highest BCUT2D eigenvalue weighted by Crippen LogP contribution is 2.13. The zero-order chi connectivity index (χ0) is 10.7. The van der Waals surface area contributed by atoms with Crippen molar-refractivity contribution in [2.75, 3.05) is 26.7 Å². The van der Waals surface area contributed by atoms with Gasteiger partial charge in [0.1, 0.15) is 0 Å². The van der Waals surface area contributed by atoms with Crippen LogP contribution >= 0.6 is 11.3 Å². The Morgan fingerprint density at radius 2 is 2.60 bits per heavy atom. The average molecular weight is 224 g/mol. The van der Waals surface area contributed by atoms with Crippen LogP contribution in [0, 0.1) is 5.92 Å². The molecule has 1 aromatic heterocycles. The number of carbonyl (C=O) groups excluding carboxylic acids is 1. The number of rotatable bonds is 3. The molecule has 1 N–H and O–H groups in total. The van der Waals surface area contributed by atoms with Gasteiger partial charge in [-0.3, -0.25) is 4.79 Å². The van der Waals surface area contributed by atoms with Gasteiger partial charge in [0, 0.05) is 19.0 Å². The second-order valence-corrected chi connectivity index (χ2v) is 4.84. The number of carbonyl (C=O) groups is 1. The van der Waals surface area contributed by atoms with Gasteiger partial charge in [-0.25, -0.2) is 0 Å². The summed E-state index contributed by atoms with van der Waals surface area (Å²) in [7, 11) is 1.89. The summed E-state index contributed by atoms with van der Waals surface area (Å²) in [5, 5.41) is 7.17. The summed E-state index contributed by atoms with van der Waals surface area (Å²) < 4.78 is 0. The molecule has 3 nitrogen and oxygen atoms in total. The van der Waals surface area contributed by atoms with Crippen molar-refractivity contribution in [2.45, 2.75) is 6.42 Å². The predicted octanol–water partition coefficient (Wildman–Crippen LogP) is 1.43. The summed E-state index contributed by atoms with van der Waals surface area (Å²) in [4.78, 5) is 13.7. The van der Waals surface area contributed by atoms with Crippen LogP contribution in [0.3, 0.4) is 0 Å². The summed E-state index contributed by atoms with van der Waals surface area (Å²) in [5.74, 6) is 0.765. The van der Waals surface area contributed by atoms with Crippen LogP contribution < -0.4 is 5.32 Å². The van der Waals surface area contributed by atoms with Gasteiger partial charge in [0.15, 0.2) is 0 Å². The van der Waals surface area contributed by atoms with E-state index >= 15 is 0 Å². The molecule has 1 aromatic rings. The lowest BCUT2D eigenvalue weighted by Gasteiger charge is -2.20. The fourth-order valence-electron chi connectivity index (χ4n) is 1.95. The van der Waals surface area contributed by atoms with Gasteiger partial charge >= 0.3 is 0 Å². The van der Waals surface area contributed by atoms with E-state index < -0.39 is 0 Å². The third-order valence-corrected chi connectivity index (χ3v) is 3.49. The van der Waals surface area contributed by atoms with Gasteiger partial charge < -0.3 is 10.2 Å². The number of amides is 1. The van der Waals surface area contributed by atoms with Gasteiger partial charge in [-0.15, -0.1) is 0 Å². The van der Waals surface area contributed by atoms with Crippen LogP contribution in [0.5, 0.6) is 0 Å². The maximum absolute atomic E-state index is 11.9. The molecule has 2 heterocycles. The smallest absolute Gasteiger partial charge is 0.254 e. The highest BCUT2D eigenvalue weighted by atomic mass is 32.1. The first kappa shape index (κ1) is 10.6. The van der Waals surface area contributed by atoms with Crippen LogP contribution in [0.1, 0.15) is 16.8 Å². The van der Waals surface area contributed by atoms with E-state index in [2.05, 4.69) is 5.32 Å². The SMILES string of the molecule is CN(CC1CCNC1)C(=O)c1ccsc1. The van der Waals surface area contributed by atoms with Crippen LogP contribution in [0.25, 0.3) is 0 Å². The normalized spacial score (nSPS) is 20.5. The molecular formula is C11H16N2OS. The predicted molar refractivity (Wildman–Crippen MR) is 62.3 cm³/mol. The highest BCUT2D eigenvalue weighted by Gasteiger charge is 2.19. The van der Waals surface area contributed by atoms with Crippen LogP contribution in [-0.2, 0) is 0 Å². The Morgan fingerprint density at radius 3 is 3.20 bits per heavy atom. The van der Waals surface area contributed by atoms with Crippen molar-refractivity contribution in [1.29, 1.82) is 0 Å². The largest absolute Gasteiger partial charge is 0.341 e. The zero-order valence-corrected chi connectivity index (χ0v) is 9.72. The number of thiophene rings is 1. The summed E-state index contributed by atoms with van der Waals surface area (Å²) >= 11 is 1.57. The monoisotopic (exact) mass is 224 g/mol. The van der Waals surface area contributed by atoms with E-state index in [1.54, 1.807) is 11.3 Å². The maximum Gasteiger partial charge on any atom is 0.254 e. The molecule has 0 aromatic carbocycles. The quantitative estimate of drug-likeness (QED) is 0.842. The molecule has 0 saturated carbocycles. The lowest BCUT2D eigenvalue weighted by Crippen LogP contribution is -2.32. The van der Waals surface area contributed by atoms with Gasteiger partial charge in [0.25, 0.3) is 5.91 Å². The van der Waals surface area contributed by atoms with E-state index in [-0.39, 0.29) is 5.91 Å². The Bertz CT molecular complexity index is 317. The lowest BCUT2D eigenvalue weighted by molar-refractivity contribution is 0.0776. The second kappa shape index (κ2) is 4.77. The average Bonchev–Trinajstić information content (AvgIpc) is 2.88. The molecule has 15 heavy (non-hydrogen) atoms. The van der Waals surface area contributed by atoms with Crippen LogP contribution in [0.2, 0.25) is 0 Å². The van der Waals surface area contributed by atoms with Crippen molar-refractivity contribution in [3.05, 3.63) is 22.4 Å². The number of nitrogens with zero attached hydrogens (tertiary/aromatic N) is 1. The Balaban J connectivity index is 1.90. The van der Waals surface area contributed by atoms with E-state index in [4.69, 9.17) is 0 Å². The van der Waals surface area contributed by atoms with Crippen molar-refractivity contribution in [3.8, 4) is 0 Å². The fraction of sp³-hybridized carbons (Fsp3) is 0.545. The Hall–Kier alpha value is -0.870. The van der Waals surface area contributed by atoms with E-state index in [1.165, 1.54) is 6.42 Å². The fourth-order valence-corrected chi connectivity index (χ4v) is 2.58. The molecule has 1 unspecified atom stereocenters. The number of nitrogens with one attached hydrogen (secondary N) is 1. The summed E-state index contributed by atoms with van der Waals surface area (Å²) in [6, 6.07) is 1.89. The third-order valence-electron chi connectivity index (χ3n) is 2.81. The summed E-state index contributed by atoms with van der Waals surface area (Å²) in [5.41, 5.74) is 0.813. The van der Waals surface area contributed by atoms with E-state index in [1.807, 2.05) is 28.8 Å². The molecule has 0 aliphatic carbocycles. The minimum absolute atomic E-state index is 0.142. The molecule has 0 spiro atoms. The first-order valence-corrected chi connectivity index (χ1v) is 6.20. The van der Waals surface area contributed by atoms with Crippen LogP contribution in [-0.4, -0.2) is 37.5 Å². The molecule has 1 aliphatic rings. The topological polar surface area (TPSA) is 32.3 Å². The molecule has 2 rings (SSSR count). The van der Waals surface area contributed by atoms with Gasteiger partial charge in [0.2, 0.25) is 0 Å². The first-order chi connectivity index (χ1) is 7.27. The lowest BCUT2D eigenvalue weighted by atomic mass is 10.1. The Kier molecular flexibility index (Phi) is 3.38. The maximum atomic E-state index is 11.9. The number of hydrogen-bond acceptors (Lipinski definition) is 3. The number of hydrogen-bond donors (Lipinski definition) is 1. The molecule has 1 amide bonds. The highest BCUT2D eigenvalue weighted by molar-refractivity contribution is 7.08. The van der Waals surface area contributed by atoms with Crippen molar-refractivity contribution in [3.63, 3.8) is 0 Å². The molecule has 1 aliphatic heterocycles. The molecule has 82 valence electrons. The first-order valence-electron chi connectivity index (χ1n) is 5.26. The Labute approximate surface area is 94.1 Å². The van der Waals surface area contributed by atoms with E-state index in [0.29, 0.717) is 5.92 Å². The minimum Gasteiger partial charge on any atom is -0.341 e. The van der Waals surface area contributed by atoms with Gasteiger partial charge in [-0.1, -0.05) is 0 Å². The molecular weight excluding hydrogens is 208 g/mol. The summed E-state index contributed by atoms with van der Waals surface area (Å²) in [6.07, 6.45) is 1.18. The van der Waals surface area contributed by atoms with Crippen molar-refractivity contribution in [1.82, 2.24) is 10.2 Å². The molecule has 0 radical (unpaired) electrons. The standard InChI is InChI=1S/C11H16N2OS/c1-13(7-9-2-4-12-6-9)11(14)10-3-5-15-8-10/h3,5,8-9,12H,2,4,6-7H2,1H3. The van der Waals surface area contributed by atoms with Gasteiger partial charge in [-0.2, -0.15) is 11.3 Å². The molecule has 1 atom stereocenters. The summed E-state index contributed by atoms with van der Waals surface area (Å²) in [6.45, 7) is 2.99. The van der Waals surface area contributed by atoms with Crippen molar-refractivity contribution >= 4 is 17.2 Å². The Morgan fingerprint density at radius 1 is 1.73 bits per heavy atom. The van der Waals surface area contributed by atoms with E-state index in [9.17, 15) is 4.79 Å². The minimum atomic E-state index is 0.142. The second-order valence-electron chi connectivity index (χ2n) is 4.06. The van der Waals surface area contributed by atoms with Crippen LogP contribution in [0.4, 0.5) is 0 Å². The third kappa shape index (κ3) is 2.58. The molecule has 4 heteroatoms. The van der Waals surface area contributed by atoms with Crippen molar-refractivity contribution in [2.24, 2.45) is 5.92 Å². The van der Waals surface area contributed by atoms with Gasteiger partial charge in [-0.05, 0) is 36.9 Å². The van der Waals surface area contributed by atoms with Crippen LogP contribution in [0.15, 0.2) is 16.8 Å². The zero-order valence-electron chi connectivity index (χ0n) is 8.90. The van der Waals surface area contributed by atoms with E-state index in [0.717, 1.165) is 25.2 Å². The molecule has 0 bridgehead atoms. The molecule has 1 fully saturated rings.